The molecule has 6 heteroatoms. The maximum Gasteiger partial charge on any atom is 0.306 e. The number of carbonyl (C=O) groups is 2. The molecule has 0 aliphatic carbocycles. The Hall–Kier alpha value is -2.44. The number of ether oxygens (including phenoxy) is 1. The van der Waals surface area contributed by atoms with E-state index in [0.717, 1.165) is 77.0 Å². The van der Waals surface area contributed by atoms with E-state index < -0.39 is 18.2 Å². The maximum atomic E-state index is 13.2. The van der Waals surface area contributed by atoms with Gasteiger partial charge in [-0.2, -0.15) is 0 Å². The van der Waals surface area contributed by atoms with E-state index in [0.29, 0.717) is 19.3 Å². The Morgan fingerprint density at radius 2 is 0.859 bits per heavy atom. The minimum Gasteiger partial charge on any atom is -0.462 e. The third kappa shape index (κ3) is 46.1. The molecule has 0 aromatic carbocycles. The SMILES string of the molecule is CC/C=C/C/C=C/C/C=C/C/C=C/CCCC(CC(=O)NC(CO)C(O)CCCCCCCCCCCCCCCCCC)OC(=O)CCCCCCCCC/C=C\CCCCCC. The number of aliphatic hydroxyl groups is 2. The smallest absolute Gasteiger partial charge is 0.306 e. The summed E-state index contributed by atoms with van der Waals surface area (Å²) in [5, 5.41) is 23.8. The van der Waals surface area contributed by atoms with Gasteiger partial charge in [-0.15, -0.1) is 0 Å². The van der Waals surface area contributed by atoms with Crippen LogP contribution in [-0.4, -0.2) is 46.9 Å². The molecule has 6 nitrogen and oxygen atoms in total. The van der Waals surface area contributed by atoms with Gasteiger partial charge in [0.05, 0.1) is 25.2 Å². The molecular weight excluding hydrogens is 791 g/mol. The van der Waals surface area contributed by atoms with Gasteiger partial charge in [0.25, 0.3) is 0 Å². The molecule has 3 N–H and O–H groups in total. The third-order valence-corrected chi connectivity index (χ3v) is 12.3. The lowest BCUT2D eigenvalue weighted by Crippen LogP contribution is -2.46. The molecule has 0 aliphatic heterocycles. The second-order valence-electron chi connectivity index (χ2n) is 18.6. The first-order valence-electron chi connectivity index (χ1n) is 27.5. The number of allylic oxidation sites excluding steroid dienone is 10. The predicted molar refractivity (Wildman–Crippen MR) is 278 cm³/mol. The molecule has 0 spiro atoms. The van der Waals surface area contributed by atoms with Crippen molar-refractivity contribution in [2.75, 3.05) is 6.61 Å². The quantitative estimate of drug-likeness (QED) is 0.0321. The van der Waals surface area contributed by atoms with Crippen LogP contribution in [0.4, 0.5) is 0 Å². The van der Waals surface area contributed by atoms with E-state index in [1.165, 1.54) is 148 Å². The van der Waals surface area contributed by atoms with Crippen LogP contribution < -0.4 is 5.32 Å². The molecule has 0 saturated carbocycles. The van der Waals surface area contributed by atoms with E-state index in [1.54, 1.807) is 0 Å². The van der Waals surface area contributed by atoms with Gasteiger partial charge in [-0.3, -0.25) is 9.59 Å². The van der Waals surface area contributed by atoms with Crippen LogP contribution in [0.3, 0.4) is 0 Å². The van der Waals surface area contributed by atoms with Crippen molar-refractivity contribution >= 4 is 11.9 Å². The molecule has 372 valence electrons. The van der Waals surface area contributed by atoms with Crippen LogP contribution >= 0.6 is 0 Å². The Balaban J connectivity index is 4.61. The van der Waals surface area contributed by atoms with Gasteiger partial charge in [-0.1, -0.05) is 236 Å². The van der Waals surface area contributed by atoms with Gasteiger partial charge in [0.15, 0.2) is 0 Å². The molecule has 3 atom stereocenters. The summed E-state index contributed by atoms with van der Waals surface area (Å²) >= 11 is 0. The summed E-state index contributed by atoms with van der Waals surface area (Å²) < 4.78 is 5.92. The number of aliphatic hydroxyl groups excluding tert-OH is 2. The molecule has 0 aromatic rings. The van der Waals surface area contributed by atoms with Gasteiger partial charge >= 0.3 is 5.97 Å². The van der Waals surface area contributed by atoms with E-state index in [4.69, 9.17) is 4.74 Å². The van der Waals surface area contributed by atoms with Gasteiger partial charge < -0.3 is 20.3 Å². The molecule has 0 radical (unpaired) electrons. The zero-order valence-corrected chi connectivity index (χ0v) is 42.4. The second-order valence-corrected chi connectivity index (χ2v) is 18.6. The van der Waals surface area contributed by atoms with Crippen molar-refractivity contribution in [3.63, 3.8) is 0 Å². The fourth-order valence-corrected chi connectivity index (χ4v) is 8.19. The van der Waals surface area contributed by atoms with E-state index >= 15 is 0 Å². The van der Waals surface area contributed by atoms with Crippen molar-refractivity contribution in [3.8, 4) is 0 Å². The summed E-state index contributed by atoms with van der Waals surface area (Å²) in [5.74, 6) is -0.529. The van der Waals surface area contributed by atoms with Gasteiger partial charge in [-0.25, -0.2) is 0 Å². The summed E-state index contributed by atoms with van der Waals surface area (Å²) in [5.41, 5.74) is 0. The van der Waals surface area contributed by atoms with Crippen molar-refractivity contribution in [1.82, 2.24) is 5.32 Å². The van der Waals surface area contributed by atoms with Crippen molar-refractivity contribution in [2.24, 2.45) is 0 Å². The molecule has 0 heterocycles. The zero-order chi connectivity index (χ0) is 46.7. The standard InChI is InChI=1S/C58H105NO5/c1-4-7-10-13-16-19-22-25-28-30-32-35-38-41-44-47-50-56(61)55(53-60)59-57(62)52-54(49-46-43-40-37-34-31-27-24-21-18-15-12-9-6-3)64-58(63)51-48-45-42-39-36-33-29-26-23-20-17-14-11-8-5-2/h9,12,18,20-21,23,27,31,37,40,54-56,60-61H,4-8,10-11,13-17,19,22,24-26,28-30,32-36,38-39,41-53H2,1-3H3,(H,59,62)/b12-9+,21-18+,23-20-,31-27+,40-37+. The van der Waals surface area contributed by atoms with E-state index in [1.807, 2.05) is 0 Å². The van der Waals surface area contributed by atoms with Gasteiger partial charge in [0.2, 0.25) is 5.91 Å². The van der Waals surface area contributed by atoms with Gasteiger partial charge in [0.1, 0.15) is 6.10 Å². The lowest BCUT2D eigenvalue weighted by atomic mass is 10.0. The van der Waals surface area contributed by atoms with E-state index in [-0.39, 0.29) is 24.9 Å². The van der Waals surface area contributed by atoms with Crippen LogP contribution in [0.5, 0.6) is 0 Å². The Morgan fingerprint density at radius 1 is 0.469 bits per heavy atom. The Labute approximate surface area is 397 Å². The molecule has 0 rings (SSSR count). The first-order chi connectivity index (χ1) is 31.5. The van der Waals surface area contributed by atoms with E-state index in [9.17, 15) is 19.8 Å². The first-order valence-corrected chi connectivity index (χ1v) is 27.5. The van der Waals surface area contributed by atoms with E-state index in [2.05, 4.69) is 86.8 Å². The highest BCUT2D eigenvalue weighted by atomic mass is 16.5. The summed E-state index contributed by atoms with van der Waals surface area (Å²) in [6.07, 6.45) is 64.3. The van der Waals surface area contributed by atoms with Gasteiger partial charge in [0, 0.05) is 6.42 Å². The maximum absolute atomic E-state index is 13.2. The molecule has 3 unspecified atom stereocenters. The minimum absolute atomic E-state index is 0.0380. The number of rotatable bonds is 49. The highest BCUT2D eigenvalue weighted by molar-refractivity contribution is 5.77. The molecule has 0 aromatic heterocycles. The number of amides is 1. The first kappa shape index (κ1) is 61.6. The fraction of sp³-hybridized carbons (Fsp3) is 0.793. The molecule has 0 fully saturated rings. The van der Waals surface area contributed by atoms with Crippen molar-refractivity contribution < 1.29 is 24.5 Å². The normalized spacial score (nSPS) is 13.6. The lowest BCUT2D eigenvalue weighted by Gasteiger charge is -2.24. The number of unbranched alkanes of at least 4 members (excludes halogenated alkanes) is 27. The summed E-state index contributed by atoms with van der Waals surface area (Å²) in [6.45, 7) is 6.36. The van der Waals surface area contributed by atoms with Crippen molar-refractivity contribution in [3.05, 3.63) is 60.8 Å². The van der Waals surface area contributed by atoms with Crippen LogP contribution in [0.2, 0.25) is 0 Å². The van der Waals surface area contributed by atoms with Crippen LogP contribution in [0.15, 0.2) is 60.8 Å². The summed E-state index contributed by atoms with van der Waals surface area (Å²) in [4.78, 5) is 26.2. The zero-order valence-electron chi connectivity index (χ0n) is 42.4. The monoisotopic (exact) mass is 896 g/mol. The Bertz CT molecular complexity index is 1140. The highest BCUT2D eigenvalue weighted by Gasteiger charge is 2.24. The van der Waals surface area contributed by atoms with Crippen LogP contribution in [0.25, 0.3) is 0 Å². The van der Waals surface area contributed by atoms with Crippen molar-refractivity contribution in [2.45, 2.75) is 289 Å². The number of carbonyl (C=O) groups excluding carboxylic acids is 2. The van der Waals surface area contributed by atoms with Crippen LogP contribution in [-0.2, 0) is 14.3 Å². The number of esters is 1. The second kappa shape index (κ2) is 51.5. The van der Waals surface area contributed by atoms with Gasteiger partial charge in [-0.05, 0) is 83.5 Å². The number of nitrogens with one attached hydrogen (secondary N) is 1. The predicted octanol–water partition coefficient (Wildman–Crippen LogP) is 16.8. The summed E-state index contributed by atoms with van der Waals surface area (Å²) in [7, 11) is 0. The Kier molecular flexibility index (Phi) is 49.6. The molecule has 0 saturated heterocycles. The molecule has 0 bridgehead atoms. The Morgan fingerprint density at radius 3 is 1.34 bits per heavy atom. The molecule has 1 amide bonds. The van der Waals surface area contributed by atoms with Crippen LogP contribution in [0, 0.1) is 0 Å². The average Bonchev–Trinajstić information content (AvgIpc) is 3.29. The lowest BCUT2D eigenvalue weighted by molar-refractivity contribution is -0.151. The summed E-state index contributed by atoms with van der Waals surface area (Å²) in [6, 6.07) is -0.721. The van der Waals surface area contributed by atoms with Crippen molar-refractivity contribution in [1.29, 1.82) is 0 Å². The minimum atomic E-state index is -0.804. The molecular formula is C58H105NO5. The van der Waals surface area contributed by atoms with Crippen LogP contribution in [0.1, 0.15) is 271 Å². The fourth-order valence-electron chi connectivity index (χ4n) is 8.19. The largest absolute Gasteiger partial charge is 0.462 e. The average molecular weight is 896 g/mol. The number of hydrogen-bond acceptors (Lipinski definition) is 5. The topological polar surface area (TPSA) is 95.9 Å². The molecule has 0 aliphatic rings. The highest BCUT2D eigenvalue weighted by Crippen LogP contribution is 2.17. The number of hydrogen-bond donors (Lipinski definition) is 3. The third-order valence-electron chi connectivity index (χ3n) is 12.3. The molecule has 64 heavy (non-hydrogen) atoms.